The summed E-state index contributed by atoms with van der Waals surface area (Å²) in [4.78, 5) is 0. The Morgan fingerprint density at radius 2 is 1.62 bits per heavy atom. The number of benzene rings is 2. The molecule has 2 rings (SSSR count). The molecule has 0 radical (unpaired) electrons. The lowest BCUT2D eigenvalue weighted by Gasteiger charge is -2.24. The minimum atomic E-state index is -1.16. The molecule has 0 amide bonds. The van der Waals surface area contributed by atoms with E-state index < -0.39 is 9.04 Å². The standard InChI is InChI=1S/C18H23BrOSi/c1-18(2,3)14-11-15(13-9-7-6-8-10-13)17(16(19)12-14)20-21(4)5/h6-12,21H,1-5H3. The molecule has 0 atom stereocenters. The number of halogens is 1. The molecule has 0 heterocycles. The van der Waals surface area contributed by atoms with Gasteiger partial charge < -0.3 is 4.43 Å². The highest BCUT2D eigenvalue weighted by molar-refractivity contribution is 9.10. The highest BCUT2D eigenvalue weighted by atomic mass is 79.9. The first-order chi connectivity index (χ1) is 9.79. The summed E-state index contributed by atoms with van der Waals surface area (Å²) in [6.45, 7) is 11.1. The SMILES string of the molecule is C[SiH](C)Oc1c(Br)cc(C(C)(C)C)cc1-c1ccccc1. The van der Waals surface area contributed by atoms with Gasteiger partial charge in [0, 0.05) is 5.56 Å². The van der Waals surface area contributed by atoms with E-state index in [1.807, 2.05) is 6.07 Å². The molecule has 0 unspecified atom stereocenters. The van der Waals surface area contributed by atoms with Crippen molar-refractivity contribution in [3.63, 3.8) is 0 Å². The van der Waals surface area contributed by atoms with E-state index in [9.17, 15) is 0 Å². The van der Waals surface area contributed by atoms with Crippen molar-refractivity contribution in [1.82, 2.24) is 0 Å². The van der Waals surface area contributed by atoms with E-state index in [2.05, 4.69) is 86.2 Å². The first-order valence-corrected chi connectivity index (χ1v) is 10.9. The Labute approximate surface area is 138 Å². The third-order valence-corrected chi connectivity index (χ3v) is 4.64. The maximum Gasteiger partial charge on any atom is 0.229 e. The van der Waals surface area contributed by atoms with Gasteiger partial charge in [-0.15, -0.1) is 0 Å². The van der Waals surface area contributed by atoms with Crippen LogP contribution in [0.4, 0.5) is 0 Å². The molecule has 0 spiro atoms. The van der Waals surface area contributed by atoms with Crippen molar-refractivity contribution < 1.29 is 4.43 Å². The second kappa shape index (κ2) is 6.37. The van der Waals surface area contributed by atoms with Gasteiger partial charge in [-0.05, 0) is 57.7 Å². The summed E-state index contributed by atoms with van der Waals surface area (Å²) in [7, 11) is -1.16. The Hall–Kier alpha value is -1.06. The Bertz CT molecular complexity index is 615. The van der Waals surface area contributed by atoms with Crippen molar-refractivity contribution in [3.8, 4) is 16.9 Å². The highest BCUT2D eigenvalue weighted by Crippen LogP contribution is 2.40. The van der Waals surface area contributed by atoms with E-state index in [0.717, 1.165) is 10.2 Å². The Balaban J connectivity index is 2.65. The van der Waals surface area contributed by atoms with Gasteiger partial charge in [-0.1, -0.05) is 51.1 Å². The molecule has 1 nitrogen and oxygen atoms in total. The summed E-state index contributed by atoms with van der Waals surface area (Å²) < 4.78 is 7.24. The van der Waals surface area contributed by atoms with Crippen molar-refractivity contribution in [2.75, 3.05) is 0 Å². The molecule has 0 aromatic heterocycles. The van der Waals surface area contributed by atoms with Crippen LogP contribution in [0, 0.1) is 0 Å². The lowest BCUT2D eigenvalue weighted by molar-refractivity contribution is 0.569. The highest BCUT2D eigenvalue weighted by Gasteiger charge is 2.20. The smallest absolute Gasteiger partial charge is 0.229 e. The second-order valence-corrected chi connectivity index (χ2v) is 9.80. The fraction of sp³-hybridized carbons (Fsp3) is 0.333. The molecule has 0 fully saturated rings. The normalized spacial score (nSPS) is 11.8. The van der Waals surface area contributed by atoms with Gasteiger partial charge in [0.1, 0.15) is 5.75 Å². The van der Waals surface area contributed by atoms with Gasteiger partial charge in [0.15, 0.2) is 0 Å². The first kappa shape index (κ1) is 16.3. The molecule has 0 aliphatic rings. The molecule has 0 saturated heterocycles. The number of hydrogen-bond acceptors (Lipinski definition) is 1. The van der Waals surface area contributed by atoms with Crippen molar-refractivity contribution in [2.45, 2.75) is 39.3 Å². The van der Waals surface area contributed by atoms with Crippen molar-refractivity contribution >= 4 is 25.0 Å². The topological polar surface area (TPSA) is 9.23 Å². The molecular formula is C18H23BrOSi. The molecular weight excluding hydrogens is 340 g/mol. The minimum Gasteiger partial charge on any atom is -0.546 e. The zero-order chi connectivity index (χ0) is 15.6. The van der Waals surface area contributed by atoms with Crippen LogP contribution in [-0.2, 0) is 5.41 Å². The quantitative estimate of drug-likeness (QED) is 0.629. The molecule has 0 aliphatic heterocycles. The van der Waals surface area contributed by atoms with Gasteiger partial charge in [-0.2, -0.15) is 0 Å². The number of rotatable bonds is 3. The van der Waals surface area contributed by atoms with Gasteiger partial charge >= 0.3 is 0 Å². The molecule has 2 aromatic carbocycles. The van der Waals surface area contributed by atoms with Crippen LogP contribution in [0.5, 0.6) is 5.75 Å². The Morgan fingerprint density at radius 3 is 2.14 bits per heavy atom. The minimum absolute atomic E-state index is 0.111. The summed E-state index contributed by atoms with van der Waals surface area (Å²) in [5, 5.41) is 0. The summed E-state index contributed by atoms with van der Waals surface area (Å²) >= 11 is 3.71. The number of hydrogen-bond donors (Lipinski definition) is 0. The van der Waals surface area contributed by atoms with E-state index in [0.29, 0.717) is 0 Å². The largest absolute Gasteiger partial charge is 0.546 e. The van der Waals surface area contributed by atoms with Crippen LogP contribution in [0.1, 0.15) is 26.3 Å². The van der Waals surface area contributed by atoms with Crippen molar-refractivity contribution in [1.29, 1.82) is 0 Å². The predicted octanol–water partition coefficient (Wildman–Crippen LogP) is 5.78. The third kappa shape index (κ3) is 3.98. The molecule has 21 heavy (non-hydrogen) atoms. The van der Waals surface area contributed by atoms with Gasteiger partial charge in [-0.25, -0.2) is 0 Å². The third-order valence-electron chi connectivity index (χ3n) is 3.35. The van der Waals surface area contributed by atoms with E-state index in [1.165, 1.54) is 16.7 Å². The molecule has 0 saturated carbocycles. The zero-order valence-electron chi connectivity index (χ0n) is 13.4. The van der Waals surface area contributed by atoms with Crippen LogP contribution < -0.4 is 4.43 Å². The first-order valence-electron chi connectivity index (χ1n) is 7.35. The van der Waals surface area contributed by atoms with Crippen LogP contribution in [0.3, 0.4) is 0 Å². The fourth-order valence-corrected chi connectivity index (χ4v) is 3.67. The van der Waals surface area contributed by atoms with Crippen LogP contribution in [0.2, 0.25) is 13.1 Å². The average molecular weight is 363 g/mol. The molecule has 112 valence electrons. The molecule has 2 aromatic rings. The van der Waals surface area contributed by atoms with E-state index in [-0.39, 0.29) is 5.41 Å². The summed E-state index contributed by atoms with van der Waals surface area (Å²) in [6, 6.07) is 14.9. The lowest BCUT2D eigenvalue weighted by atomic mass is 9.85. The molecule has 3 heteroatoms. The lowest BCUT2D eigenvalue weighted by Crippen LogP contribution is -2.15. The van der Waals surface area contributed by atoms with Gasteiger partial charge in [0.2, 0.25) is 9.04 Å². The zero-order valence-corrected chi connectivity index (χ0v) is 16.1. The van der Waals surface area contributed by atoms with E-state index in [1.54, 1.807) is 0 Å². The second-order valence-electron chi connectivity index (χ2n) is 6.62. The summed E-state index contributed by atoms with van der Waals surface area (Å²) in [5.74, 6) is 0.982. The predicted molar refractivity (Wildman–Crippen MR) is 97.8 cm³/mol. The van der Waals surface area contributed by atoms with Crippen LogP contribution in [-0.4, -0.2) is 9.04 Å². The maximum atomic E-state index is 6.19. The Morgan fingerprint density at radius 1 is 1.00 bits per heavy atom. The molecule has 0 bridgehead atoms. The van der Waals surface area contributed by atoms with Crippen molar-refractivity contribution in [3.05, 3.63) is 52.5 Å². The van der Waals surface area contributed by atoms with Crippen LogP contribution in [0.15, 0.2) is 46.9 Å². The van der Waals surface area contributed by atoms with Gasteiger partial charge in [0.25, 0.3) is 0 Å². The summed E-state index contributed by atoms with van der Waals surface area (Å²) in [6.07, 6.45) is 0. The maximum absolute atomic E-state index is 6.19. The molecule has 0 N–H and O–H groups in total. The van der Waals surface area contributed by atoms with Crippen LogP contribution >= 0.6 is 15.9 Å². The van der Waals surface area contributed by atoms with Gasteiger partial charge in [-0.3, -0.25) is 0 Å². The average Bonchev–Trinajstić information content (AvgIpc) is 2.40. The summed E-state index contributed by atoms with van der Waals surface area (Å²) in [5.41, 5.74) is 3.80. The van der Waals surface area contributed by atoms with Crippen LogP contribution in [0.25, 0.3) is 11.1 Å². The Kier molecular flexibility index (Phi) is 4.94. The van der Waals surface area contributed by atoms with Gasteiger partial charge in [0.05, 0.1) is 4.47 Å². The van der Waals surface area contributed by atoms with Crippen molar-refractivity contribution in [2.24, 2.45) is 0 Å². The molecule has 0 aliphatic carbocycles. The fourth-order valence-electron chi connectivity index (χ4n) is 2.21. The van der Waals surface area contributed by atoms with E-state index in [4.69, 9.17) is 4.43 Å². The monoisotopic (exact) mass is 362 g/mol. The van der Waals surface area contributed by atoms with E-state index >= 15 is 0 Å².